The van der Waals surface area contributed by atoms with Gasteiger partial charge in [0.2, 0.25) is 5.91 Å². The minimum Gasteiger partial charge on any atom is -0.343 e. The molecule has 9 nitrogen and oxygen atoms in total. The van der Waals surface area contributed by atoms with Gasteiger partial charge in [0.25, 0.3) is 5.91 Å². The number of carbonyl (C=O) groups excluding carboxylic acids is 3. The maximum atomic E-state index is 14.3. The molecule has 2 heterocycles. The molecule has 1 N–H and O–H groups in total. The van der Waals surface area contributed by atoms with E-state index in [9.17, 15) is 14.4 Å². The Bertz CT molecular complexity index is 1320. The van der Waals surface area contributed by atoms with E-state index in [-0.39, 0.29) is 48.1 Å². The maximum absolute atomic E-state index is 14.3. The fraction of sp³-hybridized carbons (Fsp3) is 0.545. The number of fused-ring (bicyclic) bond motifs is 2. The van der Waals surface area contributed by atoms with Crippen molar-refractivity contribution in [2.45, 2.75) is 83.3 Å². The van der Waals surface area contributed by atoms with E-state index < -0.39 is 0 Å². The fourth-order valence-electron chi connectivity index (χ4n) is 7.19. The number of carbonyl (C=O) groups is 3. The van der Waals surface area contributed by atoms with Crippen LogP contribution < -0.4 is 10.2 Å². The molecule has 2 amide bonds. The zero-order valence-corrected chi connectivity index (χ0v) is 24.6. The largest absolute Gasteiger partial charge is 0.343 e. The van der Waals surface area contributed by atoms with E-state index in [0.717, 1.165) is 70.1 Å². The number of rotatable bonds is 12. The lowest BCUT2D eigenvalue weighted by molar-refractivity contribution is -0.127. The van der Waals surface area contributed by atoms with Gasteiger partial charge < -0.3 is 15.1 Å². The van der Waals surface area contributed by atoms with Crippen LogP contribution in [0, 0.1) is 11.8 Å². The predicted molar refractivity (Wildman–Crippen MR) is 163 cm³/mol. The summed E-state index contributed by atoms with van der Waals surface area (Å²) in [6.45, 7) is 4.77. The Morgan fingerprint density at radius 3 is 2.67 bits per heavy atom. The van der Waals surface area contributed by atoms with Gasteiger partial charge >= 0.3 is 0 Å². The molecule has 2 aromatic rings. The van der Waals surface area contributed by atoms with Crippen LogP contribution in [-0.4, -0.2) is 54.2 Å². The van der Waals surface area contributed by atoms with Crippen molar-refractivity contribution >= 4 is 23.3 Å². The van der Waals surface area contributed by atoms with Gasteiger partial charge in [-0.05, 0) is 79.9 Å². The molecule has 0 radical (unpaired) electrons. The molecule has 42 heavy (non-hydrogen) atoms. The first kappa shape index (κ1) is 29.8. The lowest BCUT2D eigenvalue weighted by atomic mass is 9.66. The van der Waals surface area contributed by atoms with Gasteiger partial charge in [0.15, 0.2) is 5.78 Å². The van der Waals surface area contributed by atoms with Gasteiger partial charge in [0.05, 0.1) is 12.2 Å². The summed E-state index contributed by atoms with van der Waals surface area (Å²) in [5, 5.41) is 7.45. The number of ketones is 1. The summed E-state index contributed by atoms with van der Waals surface area (Å²) < 4.78 is 0. The smallest absolute Gasteiger partial charge is 0.258 e. The third kappa shape index (κ3) is 6.53. The first-order valence-corrected chi connectivity index (χ1v) is 15.6. The lowest BCUT2D eigenvalue weighted by Gasteiger charge is -2.49. The molecule has 1 saturated carbocycles. The van der Waals surface area contributed by atoms with Gasteiger partial charge in [-0.3, -0.25) is 14.4 Å². The van der Waals surface area contributed by atoms with Gasteiger partial charge in [-0.1, -0.05) is 55.6 Å². The number of unbranched alkanes of at least 4 members (excludes halogenated alkanes) is 2. The lowest BCUT2D eigenvalue weighted by Crippen LogP contribution is -2.59. The Morgan fingerprint density at radius 1 is 1.10 bits per heavy atom. The average molecular weight is 571 g/mol. The fourth-order valence-corrected chi connectivity index (χ4v) is 7.19. The number of hydrogen-bond acceptors (Lipinski definition) is 5. The third-order valence-electron chi connectivity index (χ3n) is 9.20. The summed E-state index contributed by atoms with van der Waals surface area (Å²) in [5.74, 6) is 0.131. The van der Waals surface area contributed by atoms with Crippen LogP contribution in [0.1, 0.15) is 91.0 Å². The maximum Gasteiger partial charge on any atom is 0.258 e. The van der Waals surface area contributed by atoms with Gasteiger partial charge in [0.1, 0.15) is 0 Å². The summed E-state index contributed by atoms with van der Waals surface area (Å²) in [5.41, 5.74) is 11.4. The number of anilines is 1. The molecular formula is C33H42N6O3. The van der Waals surface area contributed by atoms with E-state index >= 15 is 0 Å². The van der Waals surface area contributed by atoms with E-state index in [1.54, 1.807) is 0 Å². The molecule has 222 valence electrons. The highest BCUT2D eigenvalue weighted by atomic mass is 16.2. The number of likely N-dealkylation sites (tertiary alicyclic amines) is 1. The number of nitrogens with zero attached hydrogens (tertiary/aromatic N) is 5. The molecule has 2 aromatic carbocycles. The molecule has 1 aliphatic carbocycles. The van der Waals surface area contributed by atoms with Gasteiger partial charge in [0, 0.05) is 53.6 Å². The molecule has 5 rings (SSSR count). The van der Waals surface area contributed by atoms with Crippen LogP contribution in [0.5, 0.6) is 0 Å². The summed E-state index contributed by atoms with van der Waals surface area (Å²) in [4.78, 5) is 47.2. The predicted octanol–water partition coefficient (Wildman–Crippen LogP) is 6.29. The second-order valence-corrected chi connectivity index (χ2v) is 12.0. The van der Waals surface area contributed by atoms with E-state index in [1.165, 1.54) is 0 Å². The molecule has 9 heteroatoms. The van der Waals surface area contributed by atoms with E-state index in [0.29, 0.717) is 29.7 Å². The number of benzene rings is 2. The summed E-state index contributed by atoms with van der Waals surface area (Å²) in [6, 6.07) is 14.8. The van der Waals surface area contributed by atoms with Crippen LogP contribution in [-0.2, 0) is 11.3 Å². The van der Waals surface area contributed by atoms with Crippen molar-refractivity contribution in [3.63, 3.8) is 0 Å². The monoisotopic (exact) mass is 570 g/mol. The van der Waals surface area contributed by atoms with Crippen molar-refractivity contribution in [2.75, 3.05) is 24.5 Å². The number of azide groups is 1. The molecular weight excluding hydrogens is 528 g/mol. The Kier molecular flexibility index (Phi) is 9.93. The topological polar surface area (TPSA) is 118 Å². The second kappa shape index (κ2) is 14.0. The van der Waals surface area contributed by atoms with Crippen molar-refractivity contribution in [2.24, 2.45) is 17.0 Å². The third-order valence-corrected chi connectivity index (χ3v) is 9.20. The molecule has 0 aromatic heterocycles. The van der Waals surface area contributed by atoms with E-state index in [2.05, 4.69) is 22.3 Å². The van der Waals surface area contributed by atoms with Crippen LogP contribution >= 0.6 is 0 Å². The van der Waals surface area contributed by atoms with Crippen LogP contribution in [0.3, 0.4) is 0 Å². The van der Waals surface area contributed by atoms with Crippen molar-refractivity contribution in [3.8, 4) is 0 Å². The Morgan fingerprint density at radius 2 is 1.93 bits per heavy atom. The minimum absolute atomic E-state index is 0.0948. The molecule has 2 aliphatic heterocycles. The molecule has 3 aliphatic rings. The zero-order chi connectivity index (χ0) is 29.5. The second-order valence-electron chi connectivity index (χ2n) is 12.0. The zero-order valence-electron chi connectivity index (χ0n) is 24.6. The Labute approximate surface area is 248 Å². The molecule has 1 saturated heterocycles. The van der Waals surface area contributed by atoms with Crippen LogP contribution in [0.4, 0.5) is 5.69 Å². The van der Waals surface area contributed by atoms with Crippen LogP contribution in [0.2, 0.25) is 0 Å². The summed E-state index contributed by atoms with van der Waals surface area (Å²) in [6.07, 6.45) is 8.30. The van der Waals surface area contributed by atoms with E-state index in [4.69, 9.17) is 5.53 Å². The van der Waals surface area contributed by atoms with Crippen molar-refractivity contribution in [1.29, 1.82) is 0 Å². The highest BCUT2D eigenvalue weighted by Crippen LogP contribution is 2.46. The van der Waals surface area contributed by atoms with Crippen molar-refractivity contribution in [1.82, 2.24) is 10.2 Å². The average Bonchev–Trinajstić information content (AvgIpc) is 3.43. The number of amides is 2. The van der Waals surface area contributed by atoms with Crippen LogP contribution in [0.25, 0.3) is 10.4 Å². The Balaban J connectivity index is 1.44. The SMILES string of the molecule is CCCCC[C@H]1C[C@H](NCCCN2CCCC2=O)C[C@@H]2[C@H]1C(=O)c1cc(CN=[N+]=[N-])ccc1N2C(=O)c1ccccc1. The summed E-state index contributed by atoms with van der Waals surface area (Å²) in [7, 11) is 0. The first-order valence-electron chi connectivity index (χ1n) is 15.6. The van der Waals surface area contributed by atoms with Crippen LogP contribution in [0.15, 0.2) is 53.6 Å². The van der Waals surface area contributed by atoms with Gasteiger partial charge in [-0.25, -0.2) is 0 Å². The highest BCUT2D eigenvalue weighted by molar-refractivity contribution is 6.15. The quantitative estimate of drug-likeness (QED) is 0.140. The highest BCUT2D eigenvalue weighted by Gasteiger charge is 2.50. The normalized spacial score (nSPS) is 23.4. The Hall–Kier alpha value is -3.68. The number of Topliss-reactive ketones (excluding diaryl/α,β-unsaturated/α-hetero) is 1. The van der Waals surface area contributed by atoms with Gasteiger partial charge in [-0.2, -0.15) is 0 Å². The van der Waals surface area contributed by atoms with Crippen molar-refractivity contribution < 1.29 is 14.4 Å². The number of nitrogens with one attached hydrogen (secondary N) is 1. The molecule has 4 atom stereocenters. The van der Waals surface area contributed by atoms with Gasteiger partial charge in [-0.15, -0.1) is 0 Å². The molecule has 2 fully saturated rings. The molecule has 0 spiro atoms. The standard InChI is InChI=1S/C33H42N6O3/c1-2-3-5-12-25-20-26(35-16-9-18-38-17-8-13-30(38)40)21-29-31(25)32(41)27-19-23(22-36-37-34)14-15-28(27)39(29)33(42)24-10-6-4-7-11-24/h4,6-7,10-11,14-15,19,25-26,29,31,35H,2-3,5,8-9,12-13,16-18,20-22H2,1H3/t25-,26-,29+,31-/m0/s1. The molecule has 0 bridgehead atoms. The summed E-state index contributed by atoms with van der Waals surface area (Å²) >= 11 is 0. The van der Waals surface area contributed by atoms with Crippen molar-refractivity contribution in [3.05, 3.63) is 75.7 Å². The van der Waals surface area contributed by atoms with E-state index in [1.807, 2.05) is 58.3 Å². The molecule has 0 unspecified atom stereocenters. The number of hydrogen-bond donors (Lipinski definition) is 1. The minimum atomic E-state index is -0.281. The first-order chi connectivity index (χ1) is 20.5.